The molecule has 174 valence electrons. The molecule has 0 bridgehead atoms. The SMILES string of the molecule is COc1ccc(-c2cc(C(=O)NCCCN3CCOCC3)n(-c3ccc(C)cc3C)n2)cc1. The molecule has 0 radical (unpaired) electrons. The number of hydrogen-bond donors (Lipinski definition) is 1. The van der Waals surface area contributed by atoms with Crippen molar-refractivity contribution >= 4 is 5.91 Å². The lowest BCUT2D eigenvalue weighted by atomic mass is 10.1. The number of aryl methyl sites for hydroxylation is 2. The van der Waals surface area contributed by atoms with E-state index in [2.05, 4.69) is 23.2 Å². The van der Waals surface area contributed by atoms with Gasteiger partial charge in [0.15, 0.2) is 0 Å². The highest BCUT2D eigenvalue weighted by Gasteiger charge is 2.19. The predicted octanol–water partition coefficient (Wildman–Crippen LogP) is 3.62. The highest BCUT2D eigenvalue weighted by Crippen LogP contribution is 2.25. The van der Waals surface area contributed by atoms with Crippen LogP contribution in [0.15, 0.2) is 48.5 Å². The summed E-state index contributed by atoms with van der Waals surface area (Å²) in [6, 6.07) is 15.7. The van der Waals surface area contributed by atoms with Crippen LogP contribution in [0.2, 0.25) is 0 Å². The molecule has 0 atom stereocenters. The number of hydrogen-bond acceptors (Lipinski definition) is 5. The van der Waals surface area contributed by atoms with Crippen LogP contribution in [0.25, 0.3) is 16.9 Å². The van der Waals surface area contributed by atoms with Crippen LogP contribution in [0.4, 0.5) is 0 Å². The Balaban J connectivity index is 1.55. The fourth-order valence-electron chi connectivity index (χ4n) is 4.09. The van der Waals surface area contributed by atoms with Gasteiger partial charge in [0.25, 0.3) is 5.91 Å². The number of ether oxygens (including phenoxy) is 2. The molecule has 2 heterocycles. The smallest absolute Gasteiger partial charge is 0.270 e. The number of methoxy groups -OCH3 is 1. The third kappa shape index (κ3) is 5.61. The molecule has 0 unspecified atom stereocenters. The van der Waals surface area contributed by atoms with Gasteiger partial charge in [-0.05, 0) is 68.8 Å². The Bertz CT molecular complexity index is 1090. The molecule has 1 saturated heterocycles. The number of benzene rings is 2. The Morgan fingerprint density at radius 2 is 1.85 bits per heavy atom. The van der Waals surface area contributed by atoms with E-state index in [0.717, 1.165) is 67.5 Å². The monoisotopic (exact) mass is 448 g/mol. The summed E-state index contributed by atoms with van der Waals surface area (Å²) in [5.74, 6) is 0.662. The number of carbonyl (C=O) groups excluding carboxylic acids is 1. The van der Waals surface area contributed by atoms with Gasteiger partial charge >= 0.3 is 0 Å². The maximum Gasteiger partial charge on any atom is 0.270 e. The normalized spacial score (nSPS) is 14.3. The molecule has 4 rings (SSSR count). The second kappa shape index (κ2) is 10.6. The summed E-state index contributed by atoms with van der Waals surface area (Å²) >= 11 is 0. The molecular weight excluding hydrogens is 416 g/mol. The largest absolute Gasteiger partial charge is 0.497 e. The van der Waals surface area contributed by atoms with Gasteiger partial charge in [-0.3, -0.25) is 9.69 Å². The van der Waals surface area contributed by atoms with Crippen LogP contribution in [0.1, 0.15) is 28.0 Å². The molecule has 7 nitrogen and oxygen atoms in total. The summed E-state index contributed by atoms with van der Waals surface area (Å²) in [5, 5.41) is 7.90. The van der Waals surface area contributed by atoms with Gasteiger partial charge in [0, 0.05) is 25.2 Å². The van der Waals surface area contributed by atoms with Crippen molar-refractivity contribution in [2.24, 2.45) is 0 Å². The van der Waals surface area contributed by atoms with E-state index in [9.17, 15) is 4.79 Å². The van der Waals surface area contributed by atoms with Crippen molar-refractivity contribution in [3.05, 3.63) is 65.4 Å². The van der Waals surface area contributed by atoms with Gasteiger partial charge in [-0.2, -0.15) is 5.10 Å². The zero-order valence-electron chi connectivity index (χ0n) is 19.6. The van der Waals surface area contributed by atoms with E-state index in [1.54, 1.807) is 11.8 Å². The van der Waals surface area contributed by atoms with Gasteiger partial charge in [-0.25, -0.2) is 4.68 Å². The Labute approximate surface area is 195 Å². The van der Waals surface area contributed by atoms with Gasteiger partial charge in [0.1, 0.15) is 11.4 Å². The van der Waals surface area contributed by atoms with E-state index in [4.69, 9.17) is 14.6 Å². The van der Waals surface area contributed by atoms with Crippen molar-refractivity contribution in [2.45, 2.75) is 20.3 Å². The third-order valence-electron chi connectivity index (χ3n) is 5.95. The molecule has 1 amide bonds. The highest BCUT2D eigenvalue weighted by atomic mass is 16.5. The maximum absolute atomic E-state index is 13.2. The molecule has 1 aromatic heterocycles. The van der Waals surface area contributed by atoms with Crippen molar-refractivity contribution in [3.8, 4) is 22.7 Å². The average Bonchev–Trinajstić information content (AvgIpc) is 3.28. The number of amides is 1. The van der Waals surface area contributed by atoms with Crippen molar-refractivity contribution in [1.82, 2.24) is 20.0 Å². The number of rotatable bonds is 8. The lowest BCUT2D eigenvalue weighted by molar-refractivity contribution is 0.0374. The minimum Gasteiger partial charge on any atom is -0.497 e. The lowest BCUT2D eigenvalue weighted by Gasteiger charge is -2.26. The Kier molecular flexibility index (Phi) is 7.42. The summed E-state index contributed by atoms with van der Waals surface area (Å²) in [5.41, 5.74) is 5.35. The van der Waals surface area contributed by atoms with E-state index >= 15 is 0 Å². The second-order valence-corrected chi connectivity index (χ2v) is 8.41. The number of carbonyl (C=O) groups is 1. The zero-order chi connectivity index (χ0) is 23.2. The van der Waals surface area contributed by atoms with Gasteiger partial charge in [-0.15, -0.1) is 0 Å². The van der Waals surface area contributed by atoms with Crippen molar-refractivity contribution < 1.29 is 14.3 Å². The topological polar surface area (TPSA) is 68.6 Å². The molecule has 33 heavy (non-hydrogen) atoms. The van der Waals surface area contributed by atoms with Crippen LogP contribution < -0.4 is 10.1 Å². The molecule has 1 N–H and O–H groups in total. The Morgan fingerprint density at radius 1 is 1.09 bits per heavy atom. The van der Waals surface area contributed by atoms with Gasteiger partial charge in [-0.1, -0.05) is 17.7 Å². The lowest BCUT2D eigenvalue weighted by Crippen LogP contribution is -2.38. The molecule has 0 aliphatic carbocycles. The molecule has 1 aliphatic heterocycles. The van der Waals surface area contributed by atoms with Crippen LogP contribution >= 0.6 is 0 Å². The zero-order valence-corrected chi connectivity index (χ0v) is 19.6. The third-order valence-corrected chi connectivity index (χ3v) is 5.95. The minimum atomic E-state index is -0.121. The van der Waals surface area contributed by atoms with Gasteiger partial charge in [0.05, 0.1) is 31.7 Å². The number of nitrogens with zero attached hydrogens (tertiary/aromatic N) is 3. The van der Waals surface area contributed by atoms with E-state index < -0.39 is 0 Å². The Hall–Kier alpha value is -3.16. The number of nitrogens with one attached hydrogen (secondary N) is 1. The summed E-state index contributed by atoms with van der Waals surface area (Å²) < 4.78 is 12.4. The van der Waals surface area contributed by atoms with Crippen molar-refractivity contribution in [3.63, 3.8) is 0 Å². The molecule has 1 aliphatic rings. The van der Waals surface area contributed by atoms with Gasteiger partial charge < -0.3 is 14.8 Å². The summed E-state index contributed by atoms with van der Waals surface area (Å²) in [6.07, 6.45) is 0.898. The quantitative estimate of drug-likeness (QED) is 0.533. The molecule has 3 aromatic rings. The van der Waals surface area contributed by atoms with Gasteiger partial charge in [0.2, 0.25) is 0 Å². The van der Waals surface area contributed by atoms with Crippen LogP contribution in [0.5, 0.6) is 5.75 Å². The molecule has 0 spiro atoms. The highest BCUT2D eigenvalue weighted by molar-refractivity contribution is 5.94. The van der Waals surface area contributed by atoms with Crippen molar-refractivity contribution in [2.75, 3.05) is 46.5 Å². The molecule has 1 fully saturated rings. The van der Waals surface area contributed by atoms with E-state index in [-0.39, 0.29) is 5.91 Å². The maximum atomic E-state index is 13.2. The van der Waals surface area contributed by atoms with Crippen LogP contribution in [0.3, 0.4) is 0 Å². The molecule has 7 heteroatoms. The first-order valence-corrected chi connectivity index (χ1v) is 11.5. The number of aromatic nitrogens is 2. The minimum absolute atomic E-state index is 0.121. The van der Waals surface area contributed by atoms with Crippen LogP contribution in [-0.2, 0) is 4.74 Å². The molecular formula is C26H32N4O3. The van der Waals surface area contributed by atoms with Crippen LogP contribution in [0, 0.1) is 13.8 Å². The number of morpholine rings is 1. The summed E-state index contributed by atoms with van der Waals surface area (Å²) in [4.78, 5) is 15.6. The second-order valence-electron chi connectivity index (χ2n) is 8.41. The standard InChI is InChI=1S/C26H32N4O3/c1-19-5-10-24(20(2)17-19)30-25(18-23(28-30)21-6-8-22(32-3)9-7-21)26(31)27-11-4-12-29-13-15-33-16-14-29/h5-10,17-18H,4,11-16H2,1-3H3,(H,27,31). The fraction of sp³-hybridized carbons (Fsp3) is 0.385. The predicted molar refractivity (Wildman–Crippen MR) is 129 cm³/mol. The summed E-state index contributed by atoms with van der Waals surface area (Å²) in [6.45, 7) is 9.16. The first-order valence-electron chi connectivity index (χ1n) is 11.5. The summed E-state index contributed by atoms with van der Waals surface area (Å²) in [7, 11) is 1.64. The first kappa shape index (κ1) is 23.0. The van der Waals surface area contributed by atoms with Crippen molar-refractivity contribution in [1.29, 1.82) is 0 Å². The molecule has 2 aromatic carbocycles. The molecule has 0 saturated carbocycles. The Morgan fingerprint density at radius 3 is 2.55 bits per heavy atom. The van der Waals surface area contributed by atoms with E-state index in [1.165, 1.54) is 5.56 Å². The van der Waals surface area contributed by atoms with E-state index in [1.807, 2.05) is 49.4 Å². The van der Waals surface area contributed by atoms with E-state index in [0.29, 0.717) is 12.2 Å². The first-order chi connectivity index (χ1) is 16.0. The average molecular weight is 449 g/mol. The fourth-order valence-corrected chi connectivity index (χ4v) is 4.09. The van der Waals surface area contributed by atoms with Crippen LogP contribution in [-0.4, -0.2) is 67.1 Å².